The molecular weight excluding hydrogens is 230 g/mol. The summed E-state index contributed by atoms with van der Waals surface area (Å²) in [6.45, 7) is 2.09. The number of para-hydroxylation sites is 1. The van der Waals surface area contributed by atoms with E-state index in [0.717, 1.165) is 22.4 Å². The summed E-state index contributed by atoms with van der Waals surface area (Å²) in [7, 11) is 0. The maximum absolute atomic E-state index is 10.7. The molecule has 0 aliphatic carbocycles. The van der Waals surface area contributed by atoms with Gasteiger partial charge in [0.05, 0.1) is 4.88 Å². The van der Waals surface area contributed by atoms with Gasteiger partial charge in [0.25, 0.3) is 0 Å². The van der Waals surface area contributed by atoms with Crippen molar-refractivity contribution in [2.75, 3.05) is 0 Å². The Morgan fingerprint density at radius 2 is 2.18 bits per heavy atom. The minimum atomic E-state index is 0.760. The minimum absolute atomic E-state index is 0.760. The van der Waals surface area contributed by atoms with Gasteiger partial charge < -0.3 is 4.98 Å². The number of rotatable bonds is 2. The van der Waals surface area contributed by atoms with Gasteiger partial charge >= 0.3 is 0 Å². The molecule has 1 N–H and O–H groups in total. The van der Waals surface area contributed by atoms with Crippen LogP contribution in [0.15, 0.2) is 35.7 Å². The molecule has 0 saturated heterocycles. The van der Waals surface area contributed by atoms with Gasteiger partial charge in [-0.3, -0.25) is 4.79 Å². The summed E-state index contributed by atoms with van der Waals surface area (Å²) in [5.41, 5.74) is 4.55. The number of aryl methyl sites for hydroxylation is 1. The van der Waals surface area contributed by atoms with Gasteiger partial charge in [-0.15, -0.1) is 11.3 Å². The van der Waals surface area contributed by atoms with E-state index in [4.69, 9.17) is 0 Å². The second kappa shape index (κ2) is 3.86. The van der Waals surface area contributed by atoms with Gasteiger partial charge in [-0.25, -0.2) is 0 Å². The van der Waals surface area contributed by atoms with Gasteiger partial charge in [0.1, 0.15) is 0 Å². The molecule has 17 heavy (non-hydrogen) atoms. The molecule has 0 aliphatic rings. The van der Waals surface area contributed by atoms with Crippen LogP contribution in [0, 0.1) is 6.92 Å². The highest BCUT2D eigenvalue weighted by Gasteiger charge is 2.06. The number of H-pyrrole nitrogens is 1. The van der Waals surface area contributed by atoms with E-state index in [1.807, 2.05) is 11.4 Å². The van der Waals surface area contributed by atoms with E-state index in [-0.39, 0.29) is 0 Å². The van der Waals surface area contributed by atoms with Crippen molar-refractivity contribution in [3.05, 3.63) is 46.2 Å². The Morgan fingerprint density at radius 1 is 1.29 bits per heavy atom. The Morgan fingerprint density at radius 3 is 2.88 bits per heavy atom. The number of thiophene rings is 1. The van der Waals surface area contributed by atoms with Crippen LogP contribution in [-0.2, 0) is 0 Å². The second-order valence-corrected chi connectivity index (χ2v) is 5.02. The van der Waals surface area contributed by atoms with Crippen molar-refractivity contribution in [1.82, 2.24) is 4.98 Å². The smallest absolute Gasteiger partial charge is 0.160 e. The van der Waals surface area contributed by atoms with Crippen LogP contribution in [0.1, 0.15) is 15.2 Å². The van der Waals surface area contributed by atoms with Crippen molar-refractivity contribution >= 4 is 28.5 Å². The van der Waals surface area contributed by atoms with Crippen molar-refractivity contribution in [3.63, 3.8) is 0 Å². The number of hydrogen-bond donors (Lipinski definition) is 1. The third-order valence-corrected chi connectivity index (χ3v) is 3.77. The Bertz CT molecular complexity index is 693. The molecule has 0 saturated carbocycles. The molecule has 3 heteroatoms. The number of carbonyl (C=O) groups is 1. The number of nitrogens with one attached hydrogen (secondary N) is 1. The molecule has 84 valence electrons. The summed E-state index contributed by atoms with van der Waals surface area (Å²) in [4.78, 5) is 14.8. The highest BCUT2D eigenvalue weighted by atomic mass is 32.1. The van der Waals surface area contributed by atoms with Gasteiger partial charge in [0.2, 0.25) is 0 Å². The van der Waals surface area contributed by atoms with Gasteiger partial charge in [0.15, 0.2) is 6.29 Å². The fourth-order valence-electron chi connectivity index (χ4n) is 2.02. The zero-order valence-corrected chi connectivity index (χ0v) is 10.2. The molecule has 2 heterocycles. The van der Waals surface area contributed by atoms with Crippen molar-refractivity contribution < 1.29 is 4.79 Å². The van der Waals surface area contributed by atoms with Crippen molar-refractivity contribution in [2.24, 2.45) is 0 Å². The van der Waals surface area contributed by atoms with E-state index in [0.29, 0.717) is 0 Å². The zero-order valence-electron chi connectivity index (χ0n) is 9.36. The second-order valence-electron chi connectivity index (χ2n) is 4.08. The molecule has 0 aliphatic heterocycles. The van der Waals surface area contributed by atoms with E-state index in [2.05, 4.69) is 36.2 Å². The highest BCUT2D eigenvalue weighted by molar-refractivity contribution is 7.12. The largest absolute Gasteiger partial charge is 0.354 e. The van der Waals surface area contributed by atoms with Crippen LogP contribution in [0.2, 0.25) is 0 Å². The van der Waals surface area contributed by atoms with Gasteiger partial charge in [-0.2, -0.15) is 0 Å². The molecule has 0 radical (unpaired) electrons. The number of benzene rings is 1. The molecule has 2 nitrogen and oxygen atoms in total. The molecule has 3 aromatic rings. The molecule has 0 unspecified atom stereocenters. The van der Waals surface area contributed by atoms with E-state index >= 15 is 0 Å². The average molecular weight is 241 g/mol. The van der Waals surface area contributed by atoms with Crippen LogP contribution in [0.3, 0.4) is 0 Å². The van der Waals surface area contributed by atoms with E-state index < -0.39 is 0 Å². The Hall–Kier alpha value is -1.87. The summed E-state index contributed by atoms with van der Waals surface area (Å²) in [6, 6.07) is 10.3. The highest BCUT2D eigenvalue weighted by Crippen LogP contribution is 2.28. The van der Waals surface area contributed by atoms with E-state index in [1.165, 1.54) is 27.8 Å². The van der Waals surface area contributed by atoms with E-state index in [9.17, 15) is 4.79 Å². The van der Waals surface area contributed by atoms with E-state index in [1.54, 1.807) is 0 Å². The van der Waals surface area contributed by atoms with Crippen LogP contribution < -0.4 is 0 Å². The zero-order chi connectivity index (χ0) is 11.8. The van der Waals surface area contributed by atoms with Crippen LogP contribution in [-0.4, -0.2) is 11.3 Å². The summed E-state index contributed by atoms with van der Waals surface area (Å²) in [6.07, 6.45) is 0.891. The molecule has 0 amide bonds. The molecule has 0 bridgehead atoms. The monoisotopic (exact) mass is 241 g/mol. The van der Waals surface area contributed by atoms with Crippen LogP contribution in [0.25, 0.3) is 22.2 Å². The normalized spacial score (nSPS) is 10.9. The number of hydrogen-bond acceptors (Lipinski definition) is 2. The van der Waals surface area contributed by atoms with Gasteiger partial charge in [0, 0.05) is 27.5 Å². The summed E-state index contributed by atoms with van der Waals surface area (Å²) >= 11 is 1.47. The lowest BCUT2D eigenvalue weighted by Crippen LogP contribution is -1.75. The average Bonchev–Trinajstić information content (AvgIpc) is 2.95. The molecule has 0 atom stereocenters. The van der Waals surface area contributed by atoms with Crippen LogP contribution >= 0.6 is 11.3 Å². The SMILES string of the molecule is Cc1cccc2cc(-c3csc(C=O)c3)[nH]c12. The number of aromatic nitrogens is 1. The molecule has 0 fully saturated rings. The predicted molar refractivity (Wildman–Crippen MR) is 71.7 cm³/mol. The molecule has 3 rings (SSSR count). The van der Waals surface area contributed by atoms with Crippen molar-refractivity contribution in [1.29, 1.82) is 0 Å². The van der Waals surface area contributed by atoms with Gasteiger partial charge in [-0.1, -0.05) is 18.2 Å². The molecule has 0 spiro atoms. The third kappa shape index (κ3) is 1.68. The standard InChI is InChI=1S/C14H11NOS/c1-9-3-2-4-10-6-13(15-14(9)10)11-5-12(7-16)17-8-11/h2-8,15H,1H3. The minimum Gasteiger partial charge on any atom is -0.354 e. The van der Waals surface area contributed by atoms with Crippen molar-refractivity contribution in [2.45, 2.75) is 6.92 Å². The van der Waals surface area contributed by atoms with Gasteiger partial charge in [-0.05, 0) is 24.6 Å². The van der Waals surface area contributed by atoms with Crippen LogP contribution in [0.5, 0.6) is 0 Å². The lowest BCUT2D eigenvalue weighted by atomic mass is 10.1. The van der Waals surface area contributed by atoms with Crippen LogP contribution in [0.4, 0.5) is 0 Å². The number of aromatic amines is 1. The maximum Gasteiger partial charge on any atom is 0.160 e. The summed E-state index contributed by atoms with van der Waals surface area (Å²) < 4.78 is 0. The fourth-order valence-corrected chi connectivity index (χ4v) is 2.73. The molecule has 1 aromatic carbocycles. The topological polar surface area (TPSA) is 32.9 Å². The molecular formula is C14H11NOS. The lowest BCUT2D eigenvalue weighted by Gasteiger charge is -1.93. The summed E-state index contributed by atoms with van der Waals surface area (Å²) in [5.74, 6) is 0. The quantitative estimate of drug-likeness (QED) is 0.675. The first kappa shape index (κ1) is 10.3. The predicted octanol–water partition coefficient (Wildman–Crippen LogP) is 4.02. The maximum atomic E-state index is 10.7. The van der Waals surface area contributed by atoms with Crippen molar-refractivity contribution in [3.8, 4) is 11.3 Å². The summed E-state index contributed by atoms with van der Waals surface area (Å²) in [5, 5.41) is 3.21. The Balaban J connectivity index is 2.17. The Labute approximate surface area is 103 Å². The first-order valence-electron chi connectivity index (χ1n) is 5.40. The number of carbonyl (C=O) groups excluding carboxylic acids is 1. The Kier molecular flexibility index (Phi) is 2.34. The lowest BCUT2D eigenvalue weighted by molar-refractivity contribution is 0.112. The molecule has 2 aromatic heterocycles. The first-order chi connectivity index (χ1) is 8.28. The fraction of sp³-hybridized carbons (Fsp3) is 0.0714. The number of aldehydes is 1. The number of fused-ring (bicyclic) bond motifs is 1. The first-order valence-corrected chi connectivity index (χ1v) is 6.28. The third-order valence-electron chi connectivity index (χ3n) is 2.91.